The summed E-state index contributed by atoms with van der Waals surface area (Å²) in [5.74, 6) is 0.491. The maximum Gasteiger partial charge on any atom is 0.109 e. The van der Waals surface area contributed by atoms with Crippen LogP contribution in [0.3, 0.4) is 0 Å². The van der Waals surface area contributed by atoms with Crippen LogP contribution in [-0.2, 0) is 4.74 Å². The highest BCUT2D eigenvalue weighted by Crippen LogP contribution is 2.29. The number of hydrogen-bond acceptors (Lipinski definition) is 6. The van der Waals surface area contributed by atoms with Crippen molar-refractivity contribution in [3.63, 3.8) is 0 Å². The molecule has 1 saturated carbocycles. The van der Waals surface area contributed by atoms with Crippen LogP contribution in [0.1, 0.15) is 25.7 Å². The number of methoxy groups -OCH3 is 1. The van der Waals surface area contributed by atoms with Gasteiger partial charge in [-0.1, -0.05) is 0 Å². The Labute approximate surface area is 120 Å². The number of likely N-dealkylation sites (tertiary alicyclic amines) is 1. The van der Waals surface area contributed by atoms with Crippen LogP contribution < -0.4 is 0 Å². The minimum atomic E-state index is -1.17. The minimum absolute atomic E-state index is 0.210. The van der Waals surface area contributed by atoms with E-state index in [2.05, 4.69) is 0 Å². The second-order valence-corrected chi connectivity index (χ2v) is 6.13. The smallest absolute Gasteiger partial charge is 0.109 e. The molecule has 0 bridgehead atoms. The third kappa shape index (κ3) is 3.50. The summed E-state index contributed by atoms with van der Waals surface area (Å²) in [5.41, 5.74) is 0. The van der Waals surface area contributed by atoms with Gasteiger partial charge in [0.15, 0.2) is 0 Å². The van der Waals surface area contributed by atoms with E-state index in [0.717, 1.165) is 32.2 Å². The molecule has 0 amide bonds. The SMILES string of the molecule is COC1CCC(CN2C[C@H](O)[C@@H](O)[C@H](O)[C@@H]2CO)CC1. The van der Waals surface area contributed by atoms with Gasteiger partial charge in [-0.15, -0.1) is 0 Å². The zero-order valence-corrected chi connectivity index (χ0v) is 12.1. The molecule has 6 nitrogen and oxygen atoms in total. The first-order chi connectivity index (χ1) is 9.56. The van der Waals surface area contributed by atoms with Crippen molar-refractivity contribution in [2.24, 2.45) is 5.92 Å². The Kier molecular flexibility index (Phi) is 5.77. The number of aliphatic hydroxyl groups is 4. The zero-order chi connectivity index (χ0) is 14.7. The van der Waals surface area contributed by atoms with Crippen molar-refractivity contribution < 1.29 is 25.2 Å². The lowest BCUT2D eigenvalue weighted by atomic mass is 9.85. The Morgan fingerprint density at radius 3 is 2.25 bits per heavy atom. The van der Waals surface area contributed by atoms with Crippen molar-refractivity contribution in [1.29, 1.82) is 0 Å². The highest BCUT2D eigenvalue weighted by atomic mass is 16.5. The maximum absolute atomic E-state index is 9.96. The Hall–Kier alpha value is -0.240. The second kappa shape index (κ2) is 7.15. The van der Waals surface area contributed by atoms with Crippen molar-refractivity contribution >= 4 is 0 Å². The highest BCUT2D eigenvalue weighted by Gasteiger charge is 2.41. The number of nitrogens with zero attached hydrogens (tertiary/aromatic N) is 1. The van der Waals surface area contributed by atoms with Crippen LogP contribution in [0.25, 0.3) is 0 Å². The molecule has 0 aromatic heterocycles. The topological polar surface area (TPSA) is 93.4 Å². The fourth-order valence-electron chi connectivity index (χ4n) is 3.47. The summed E-state index contributed by atoms with van der Waals surface area (Å²) in [6.45, 7) is 0.828. The van der Waals surface area contributed by atoms with E-state index in [1.807, 2.05) is 4.90 Å². The summed E-state index contributed by atoms with van der Waals surface area (Å²) < 4.78 is 5.35. The Bertz CT molecular complexity index is 295. The van der Waals surface area contributed by atoms with Crippen molar-refractivity contribution in [3.05, 3.63) is 0 Å². The Balaban J connectivity index is 1.90. The number of aliphatic hydroxyl groups excluding tert-OH is 4. The van der Waals surface area contributed by atoms with Gasteiger partial charge in [0.1, 0.15) is 12.2 Å². The average Bonchev–Trinajstić information content (AvgIpc) is 2.46. The van der Waals surface area contributed by atoms with E-state index in [-0.39, 0.29) is 6.61 Å². The zero-order valence-electron chi connectivity index (χ0n) is 12.1. The molecule has 1 aliphatic carbocycles. The van der Waals surface area contributed by atoms with Gasteiger partial charge in [-0.05, 0) is 31.6 Å². The molecule has 0 radical (unpaired) electrons. The fourth-order valence-corrected chi connectivity index (χ4v) is 3.47. The summed E-state index contributed by atoms with van der Waals surface area (Å²) in [7, 11) is 1.74. The van der Waals surface area contributed by atoms with E-state index in [4.69, 9.17) is 4.74 Å². The van der Waals surface area contributed by atoms with Crippen LogP contribution in [0.15, 0.2) is 0 Å². The first kappa shape index (κ1) is 16.1. The largest absolute Gasteiger partial charge is 0.395 e. The summed E-state index contributed by atoms with van der Waals surface area (Å²) in [4.78, 5) is 1.92. The van der Waals surface area contributed by atoms with Crippen molar-refractivity contribution in [3.8, 4) is 0 Å². The van der Waals surface area contributed by atoms with E-state index in [1.54, 1.807) is 7.11 Å². The molecular formula is C14H27NO5. The summed E-state index contributed by atoms with van der Waals surface area (Å²) >= 11 is 0. The van der Waals surface area contributed by atoms with Crippen molar-refractivity contribution in [2.75, 3.05) is 26.8 Å². The molecule has 0 unspecified atom stereocenters. The maximum atomic E-state index is 9.96. The Morgan fingerprint density at radius 1 is 1.05 bits per heavy atom. The van der Waals surface area contributed by atoms with Crippen molar-refractivity contribution in [1.82, 2.24) is 4.90 Å². The molecule has 2 aliphatic rings. The summed E-state index contributed by atoms with van der Waals surface area (Å²) in [5, 5.41) is 38.9. The third-order valence-corrected chi connectivity index (χ3v) is 4.84. The lowest BCUT2D eigenvalue weighted by Gasteiger charge is -2.45. The first-order valence-electron chi connectivity index (χ1n) is 7.48. The van der Waals surface area contributed by atoms with Gasteiger partial charge in [-0.3, -0.25) is 4.90 Å². The van der Waals surface area contributed by atoms with Crippen molar-refractivity contribution in [2.45, 2.75) is 56.1 Å². The molecule has 1 heterocycles. The predicted octanol–water partition coefficient (Wildman–Crippen LogP) is -1.05. The Morgan fingerprint density at radius 2 is 1.70 bits per heavy atom. The normalized spacial score (nSPS) is 43.6. The number of β-amino-alcohol motifs (C(OH)–C–C–N with tert-alkyl or cyclic N) is 1. The minimum Gasteiger partial charge on any atom is -0.395 e. The summed E-state index contributed by atoms with van der Waals surface area (Å²) in [6.07, 6.45) is 1.30. The van der Waals surface area contributed by atoms with E-state index in [0.29, 0.717) is 18.6 Å². The summed E-state index contributed by atoms with van der Waals surface area (Å²) in [6, 6.07) is -0.492. The molecule has 0 aromatic carbocycles. The lowest BCUT2D eigenvalue weighted by Crippen LogP contribution is -2.63. The van der Waals surface area contributed by atoms with Gasteiger partial charge in [0, 0.05) is 20.2 Å². The lowest BCUT2D eigenvalue weighted by molar-refractivity contribution is -0.148. The van der Waals surface area contributed by atoms with Crippen LogP contribution >= 0.6 is 0 Å². The second-order valence-electron chi connectivity index (χ2n) is 6.13. The molecule has 6 heteroatoms. The van der Waals surface area contributed by atoms with Gasteiger partial charge in [0.25, 0.3) is 0 Å². The van der Waals surface area contributed by atoms with Gasteiger partial charge in [0.05, 0.1) is 24.9 Å². The quantitative estimate of drug-likeness (QED) is 0.528. The molecule has 2 fully saturated rings. The monoisotopic (exact) mass is 289 g/mol. The molecule has 1 saturated heterocycles. The van der Waals surface area contributed by atoms with E-state index < -0.39 is 24.4 Å². The molecule has 4 atom stereocenters. The van der Waals surface area contributed by atoms with Crippen LogP contribution in [0.4, 0.5) is 0 Å². The molecule has 1 aliphatic heterocycles. The predicted molar refractivity (Wildman–Crippen MR) is 73.2 cm³/mol. The molecule has 4 N–H and O–H groups in total. The standard InChI is InChI=1S/C14H27NO5/c1-20-10-4-2-9(3-5-10)6-15-7-12(17)14(19)13(18)11(15)8-16/h9-14,16-19H,2-8H2,1H3/t9?,10?,11-,12-,13+,14+/m0/s1. The van der Waals surface area contributed by atoms with Gasteiger partial charge in [-0.2, -0.15) is 0 Å². The average molecular weight is 289 g/mol. The van der Waals surface area contributed by atoms with Gasteiger partial charge < -0.3 is 25.2 Å². The number of rotatable bonds is 4. The van der Waals surface area contributed by atoms with Gasteiger partial charge in [0.2, 0.25) is 0 Å². The molecule has 0 aromatic rings. The third-order valence-electron chi connectivity index (χ3n) is 4.84. The number of ether oxygens (including phenoxy) is 1. The fraction of sp³-hybridized carbons (Fsp3) is 1.00. The van der Waals surface area contributed by atoms with Crippen LogP contribution in [0.5, 0.6) is 0 Å². The van der Waals surface area contributed by atoms with Crippen LogP contribution in [-0.4, -0.2) is 82.6 Å². The van der Waals surface area contributed by atoms with E-state index in [9.17, 15) is 20.4 Å². The van der Waals surface area contributed by atoms with Crippen LogP contribution in [0, 0.1) is 5.92 Å². The molecule has 2 rings (SSSR count). The molecule has 118 valence electrons. The molecule has 0 spiro atoms. The van der Waals surface area contributed by atoms with E-state index in [1.165, 1.54) is 0 Å². The van der Waals surface area contributed by atoms with Crippen LogP contribution in [0.2, 0.25) is 0 Å². The van der Waals surface area contributed by atoms with E-state index >= 15 is 0 Å². The molecule has 20 heavy (non-hydrogen) atoms. The van der Waals surface area contributed by atoms with Gasteiger partial charge >= 0.3 is 0 Å². The number of piperidine rings is 1. The van der Waals surface area contributed by atoms with Gasteiger partial charge in [-0.25, -0.2) is 0 Å². The number of hydrogen-bond donors (Lipinski definition) is 4. The molecular weight excluding hydrogens is 262 g/mol. The highest BCUT2D eigenvalue weighted by molar-refractivity contribution is 4.95. The first-order valence-corrected chi connectivity index (χ1v) is 7.48.